The molecule has 140 valence electrons. The number of aromatic nitrogens is 2. The van der Waals surface area contributed by atoms with Crippen molar-refractivity contribution < 1.29 is 9.79 Å². The zero-order valence-corrected chi connectivity index (χ0v) is 15.9. The number of nitrogens with zero attached hydrogens (tertiary/aromatic N) is 4. The third kappa shape index (κ3) is 2.86. The summed E-state index contributed by atoms with van der Waals surface area (Å²) in [4.78, 5) is 0. The molecule has 6 heteroatoms. The van der Waals surface area contributed by atoms with E-state index in [0.717, 1.165) is 41.2 Å². The zero-order chi connectivity index (χ0) is 19.3. The van der Waals surface area contributed by atoms with E-state index in [1.807, 2.05) is 36.0 Å². The van der Waals surface area contributed by atoms with Crippen LogP contribution in [0.3, 0.4) is 0 Å². The first-order valence-electron chi connectivity index (χ1n) is 9.53. The number of aromatic hydroxyl groups is 1. The Morgan fingerprint density at radius 1 is 1.14 bits per heavy atom. The molecule has 3 heterocycles. The third-order valence-corrected chi connectivity index (χ3v) is 5.58. The molecule has 2 aromatic rings. The van der Waals surface area contributed by atoms with Gasteiger partial charge in [-0.05, 0) is 59.1 Å². The van der Waals surface area contributed by atoms with Gasteiger partial charge in [-0.25, -0.2) is 0 Å². The molecule has 1 aromatic carbocycles. The van der Waals surface area contributed by atoms with Gasteiger partial charge in [-0.1, -0.05) is 16.8 Å². The van der Waals surface area contributed by atoms with Crippen molar-refractivity contribution >= 4 is 17.5 Å². The molecule has 28 heavy (non-hydrogen) atoms. The molecule has 0 bridgehead atoms. The van der Waals surface area contributed by atoms with Crippen LogP contribution in [0.5, 0.6) is 5.75 Å². The van der Waals surface area contributed by atoms with E-state index in [-0.39, 0.29) is 11.7 Å². The van der Waals surface area contributed by atoms with Crippen molar-refractivity contribution in [2.75, 3.05) is 20.1 Å². The summed E-state index contributed by atoms with van der Waals surface area (Å²) in [6.45, 7) is 3.99. The molecule has 0 spiro atoms. The van der Waals surface area contributed by atoms with E-state index in [9.17, 15) is 5.11 Å². The lowest BCUT2D eigenvalue weighted by atomic mass is 9.87. The molecule has 5 rings (SSSR count). The molecule has 1 aromatic heterocycles. The maximum absolute atomic E-state index is 10.6. The number of rotatable bonds is 3. The van der Waals surface area contributed by atoms with Gasteiger partial charge in [-0.2, -0.15) is 10.2 Å². The zero-order valence-electron chi connectivity index (χ0n) is 15.9. The minimum Gasteiger partial charge on any atom is -0.507 e. The quantitative estimate of drug-likeness (QED) is 0.813. The second-order valence-electron chi connectivity index (χ2n) is 7.61. The summed E-state index contributed by atoms with van der Waals surface area (Å²) < 4.78 is 1.86. The number of phenols is 1. The average molecular weight is 372 g/mol. The first-order chi connectivity index (χ1) is 13.6. The largest absolute Gasteiger partial charge is 0.507 e. The van der Waals surface area contributed by atoms with E-state index < -0.39 is 0 Å². The number of benzene rings is 1. The minimum absolute atomic E-state index is 0.186. The summed E-state index contributed by atoms with van der Waals surface area (Å²) >= 11 is 0. The maximum atomic E-state index is 10.6. The van der Waals surface area contributed by atoms with Gasteiger partial charge in [-0.3, -0.25) is 0 Å². The van der Waals surface area contributed by atoms with Crippen LogP contribution in [0.1, 0.15) is 24.1 Å². The highest BCUT2D eigenvalue weighted by molar-refractivity contribution is 6.14. The Balaban J connectivity index is 1.44. The molecule has 0 saturated carbocycles. The van der Waals surface area contributed by atoms with E-state index >= 15 is 0 Å². The maximum Gasteiger partial charge on any atom is 0.185 e. The van der Waals surface area contributed by atoms with Crippen LogP contribution in [-0.4, -0.2) is 52.1 Å². The third-order valence-electron chi connectivity index (χ3n) is 5.58. The van der Waals surface area contributed by atoms with Crippen LogP contribution in [0.25, 0.3) is 16.8 Å². The topological polar surface area (TPSA) is 73.4 Å². The van der Waals surface area contributed by atoms with Crippen molar-refractivity contribution in [2.24, 2.45) is 11.0 Å². The van der Waals surface area contributed by atoms with Crippen LogP contribution in [0, 0.1) is 5.92 Å². The number of hydrogen-bond donors (Lipinski definition) is 2. The van der Waals surface area contributed by atoms with Gasteiger partial charge < -0.3 is 10.4 Å². The molecule has 1 aliphatic carbocycles. The molecule has 0 amide bonds. The Bertz CT molecular complexity index is 1070. The molecule has 1 atom stereocenters. The average Bonchev–Trinajstić information content (AvgIpc) is 3.02. The first-order valence-corrected chi connectivity index (χ1v) is 9.53. The van der Waals surface area contributed by atoms with Gasteiger partial charge in [0.25, 0.3) is 0 Å². The monoisotopic (exact) mass is 372 g/mol. The van der Waals surface area contributed by atoms with Crippen LogP contribution >= 0.6 is 0 Å². The summed E-state index contributed by atoms with van der Waals surface area (Å²) in [5, 5.41) is 27.1. The van der Waals surface area contributed by atoms with E-state index in [0.29, 0.717) is 17.2 Å². The van der Waals surface area contributed by atoms with Crippen molar-refractivity contribution in [2.45, 2.75) is 12.8 Å². The van der Waals surface area contributed by atoms with Gasteiger partial charge in [-0.15, -0.1) is 0 Å². The van der Waals surface area contributed by atoms with Gasteiger partial charge in [0.15, 0.2) is 13.3 Å². The molecule has 2 N–H and O–H groups in total. The van der Waals surface area contributed by atoms with Crippen LogP contribution in [0.4, 0.5) is 0 Å². The predicted molar refractivity (Wildman–Crippen MR) is 110 cm³/mol. The van der Waals surface area contributed by atoms with Crippen LogP contribution in [0.15, 0.2) is 53.2 Å². The van der Waals surface area contributed by atoms with E-state index in [2.05, 4.69) is 45.9 Å². The highest BCUT2D eigenvalue weighted by Crippen LogP contribution is 2.34. The Labute approximate surface area is 163 Å². The van der Waals surface area contributed by atoms with Crippen LogP contribution < -0.4 is 5.32 Å². The lowest BCUT2D eigenvalue weighted by Crippen LogP contribution is -2.40. The Kier molecular flexibility index (Phi) is 3.94. The molecule has 1 fully saturated rings. The van der Waals surface area contributed by atoms with Crippen LogP contribution in [0.2, 0.25) is 0 Å². The molecular formula is C22H22N5O+. The Hall–Kier alpha value is -3.12. The smallest absolute Gasteiger partial charge is 0.185 e. The highest BCUT2D eigenvalue weighted by Gasteiger charge is 2.29. The SMILES string of the molecule is CC1=CC(c2ccc(-c3ccc(C4CNC4)nn3)c(O)c2)=CC2C=[N+](C)N=C12. The van der Waals surface area contributed by atoms with Crippen molar-refractivity contribution in [3.05, 3.63) is 59.3 Å². The van der Waals surface area contributed by atoms with Crippen LogP contribution in [-0.2, 0) is 0 Å². The molecule has 0 radical (unpaired) electrons. The van der Waals surface area contributed by atoms with Gasteiger partial charge in [0, 0.05) is 24.6 Å². The summed E-state index contributed by atoms with van der Waals surface area (Å²) in [5.41, 5.74) is 6.69. The fraction of sp³-hybridized carbons (Fsp3) is 0.273. The molecule has 1 unspecified atom stereocenters. The summed E-state index contributed by atoms with van der Waals surface area (Å²) in [6.07, 6.45) is 6.40. The molecule has 2 aliphatic heterocycles. The van der Waals surface area contributed by atoms with Crippen molar-refractivity contribution in [1.29, 1.82) is 0 Å². The summed E-state index contributed by atoms with van der Waals surface area (Å²) in [5.74, 6) is 0.848. The van der Waals surface area contributed by atoms with Gasteiger partial charge >= 0.3 is 0 Å². The second kappa shape index (κ2) is 6.49. The lowest BCUT2D eigenvalue weighted by molar-refractivity contribution is -0.495. The number of phenolic OH excluding ortho intramolecular Hbond substituents is 1. The summed E-state index contributed by atoms with van der Waals surface area (Å²) in [6, 6.07) is 9.68. The fourth-order valence-electron chi connectivity index (χ4n) is 3.89. The number of fused-ring (bicyclic) bond motifs is 1. The fourth-order valence-corrected chi connectivity index (χ4v) is 3.89. The molecule has 6 nitrogen and oxygen atoms in total. The molecular weight excluding hydrogens is 350 g/mol. The van der Waals surface area contributed by atoms with E-state index in [1.165, 1.54) is 0 Å². The van der Waals surface area contributed by atoms with Gasteiger partial charge in [0.1, 0.15) is 17.4 Å². The van der Waals surface area contributed by atoms with E-state index in [4.69, 9.17) is 0 Å². The van der Waals surface area contributed by atoms with E-state index in [1.54, 1.807) is 6.07 Å². The van der Waals surface area contributed by atoms with Gasteiger partial charge in [0.05, 0.1) is 11.4 Å². The number of hydrazone groups is 1. The second-order valence-corrected chi connectivity index (χ2v) is 7.61. The first kappa shape index (κ1) is 17.0. The Morgan fingerprint density at radius 2 is 2.00 bits per heavy atom. The lowest BCUT2D eigenvalue weighted by Gasteiger charge is -2.25. The molecule has 1 saturated heterocycles. The number of allylic oxidation sites excluding steroid dienone is 4. The van der Waals surface area contributed by atoms with Crippen molar-refractivity contribution in [1.82, 2.24) is 15.5 Å². The normalized spacial score (nSPS) is 21.3. The molecule has 3 aliphatic rings. The minimum atomic E-state index is 0.186. The number of hydrogen-bond acceptors (Lipinski definition) is 5. The Morgan fingerprint density at radius 3 is 2.68 bits per heavy atom. The standard InChI is InChI=1S/C22H21N5O/c1-13-7-15(8-16-12-27(2)26-22(13)16)14-3-4-18(21(28)9-14)20-6-5-19(24-25-20)17-10-23-11-17/h3-9,12,16-17,23H,10-11H2,1-2H3/p+1. The van der Waals surface area contributed by atoms with Crippen molar-refractivity contribution in [3.8, 4) is 17.0 Å². The van der Waals surface area contributed by atoms with Crippen molar-refractivity contribution in [3.63, 3.8) is 0 Å². The highest BCUT2D eigenvalue weighted by atomic mass is 16.3. The number of nitrogens with one attached hydrogen (secondary N) is 1. The summed E-state index contributed by atoms with van der Waals surface area (Å²) in [7, 11) is 1.94. The van der Waals surface area contributed by atoms with Gasteiger partial charge in [0.2, 0.25) is 0 Å². The predicted octanol–water partition coefficient (Wildman–Crippen LogP) is 2.58.